The van der Waals surface area contributed by atoms with Crippen molar-refractivity contribution in [2.45, 2.75) is 39.3 Å². The first-order valence-electron chi connectivity index (χ1n) is 9.24. The van der Waals surface area contributed by atoms with Crippen molar-refractivity contribution in [1.82, 2.24) is 5.32 Å². The lowest BCUT2D eigenvalue weighted by Gasteiger charge is -2.19. The number of hydrogen-bond acceptors (Lipinski definition) is 5. The molecule has 0 aromatic heterocycles. The lowest BCUT2D eigenvalue weighted by molar-refractivity contribution is -0.127. The predicted molar refractivity (Wildman–Crippen MR) is 109 cm³/mol. The monoisotopic (exact) mass is 387 g/mol. The van der Waals surface area contributed by atoms with Gasteiger partial charge in [0.05, 0.1) is 21.3 Å². The molecule has 0 saturated carbocycles. The average molecular weight is 387 g/mol. The number of ether oxygens (including phenoxy) is 4. The van der Waals surface area contributed by atoms with Gasteiger partial charge >= 0.3 is 0 Å². The van der Waals surface area contributed by atoms with Crippen molar-refractivity contribution in [2.75, 3.05) is 21.3 Å². The smallest absolute Gasteiger partial charge is 0.261 e. The molecule has 0 bridgehead atoms. The summed E-state index contributed by atoms with van der Waals surface area (Å²) in [6.45, 7) is 6.20. The Hall–Kier alpha value is -2.89. The minimum Gasteiger partial charge on any atom is -0.493 e. The Balaban J connectivity index is 2.08. The molecule has 1 unspecified atom stereocenters. The van der Waals surface area contributed by atoms with Crippen LogP contribution in [0.2, 0.25) is 0 Å². The summed E-state index contributed by atoms with van der Waals surface area (Å²) >= 11 is 0. The van der Waals surface area contributed by atoms with E-state index in [2.05, 4.69) is 19.2 Å². The fraction of sp³-hybridized carbons (Fsp3) is 0.409. The molecule has 1 N–H and O–H groups in total. The second-order valence-corrected chi connectivity index (χ2v) is 6.66. The van der Waals surface area contributed by atoms with Crippen molar-refractivity contribution in [1.29, 1.82) is 0 Å². The van der Waals surface area contributed by atoms with Crippen LogP contribution in [0, 0.1) is 0 Å². The average Bonchev–Trinajstić information content (AvgIpc) is 2.71. The van der Waals surface area contributed by atoms with Crippen molar-refractivity contribution in [3.05, 3.63) is 47.5 Å². The first-order chi connectivity index (χ1) is 13.4. The molecule has 0 aliphatic heterocycles. The first kappa shape index (κ1) is 21.4. The predicted octanol–water partition coefficient (Wildman–Crippen LogP) is 3.92. The Labute approximate surface area is 166 Å². The molecule has 6 nitrogen and oxygen atoms in total. The van der Waals surface area contributed by atoms with E-state index in [0.717, 1.165) is 16.9 Å². The molecule has 28 heavy (non-hydrogen) atoms. The van der Waals surface area contributed by atoms with Gasteiger partial charge in [-0.15, -0.1) is 0 Å². The zero-order valence-electron chi connectivity index (χ0n) is 17.4. The largest absolute Gasteiger partial charge is 0.493 e. The van der Waals surface area contributed by atoms with Crippen LogP contribution in [0.1, 0.15) is 37.8 Å². The Morgan fingerprint density at radius 3 is 2.18 bits per heavy atom. The molecule has 0 spiro atoms. The van der Waals surface area contributed by atoms with Gasteiger partial charge in [-0.1, -0.05) is 32.0 Å². The molecule has 6 heteroatoms. The van der Waals surface area contributed by atoms with Crippen LogP contribution in [-0.2, 0) is 11.3 Å². The lowest BCUT2D eigenvalue weighted by atomic mass is 10.0. The maximum Gasteiger partial charge on any atom is 0.261 e. The molecule has 2 rings (SSSR count). The van der Waals surface area contributed by atoms with Gasteiger partial charge in [-0.3, -0.25) is 4.79 Å². The number of hydrogen-bond donors (Lipinski definition) is 1. The molecule has 1 amide bonds. The summed E-state index contributed by atoms with van der Waals surface area (Å²) in [6, 6.07) is 11.4. The van der Waals surface area contributed by atoms with E-state index < -0.39 is 6.10 Å². The van der Waals surface area contributed by atoms with Crippen molar-refractivity contribution in [3.63, 3.8) is 0 Å². The van der Waals surface area contributed by atoms with Crippen LogP contribution < -0.4 is 24.3 Å². The zero-order valence-corrected chi connectivity index (χ0v) is 17.4. The maximum atomic E-state index is 12.5. The standard InChI is InChI=1S/C22H29NO5/c1-14(2)17-9-7-8-10-18(17)28-15(3)22(24)23-13-16-11-12-19(25-4)21(27-6)20(16)26-5/h7-12,14-15H,13H2,1-6H3,(H,23,24). The number of amides is 1. The highest BCUT2D eigenvalue weighted by Crippen LogP contribution is 2.39. The van der Waals surface area contributed by atoms with Crippen LogP contribution in [0.15, 0.2) is 36.4 Å². The highest BCUT2D eigenvalue weighted by molar-refractivity contribution is 5.80. The van der Waals surface area contributed by atoms with E-state index in [1.54, 1.807) is 34.3 Å². The molecule has 1 atom stereocenters. The van der Waals surface area contributed by atoms with Crippen LogP contribution in [0.25, 0.3) is 0 Å². The summed E-state index contributed by atoms with van der Waals surface area (Å²) in [5, 5.41) is 2.89. The summed E-state index contributed by atoms with van der Waals surface area (Å²) in [7, 11) is 4.66. The highest BCUT2D eigenvalue weighted by Gasteiger charge is 2.20. The number of methoxy groups -OCH3 is 3. The van der Waals surface area contributed by atoms with Crippen molar-refractivity contribution in [3.8, 4) is 23.0 Å². The Kier molecular flexibility index (Phi) is 7.55. The number of nitrogens with one attached hydrogen (secondary N) is 1. The summed E-state index contributed by atoms with van der Waals surface area (Å²) in [5.41, 5.74) is 1.85. The molecule has 0 aliphatic carbocycles. The van der Waals surface area contributed by atoms with E-state index in [4.69, 9.17) is 18.9 Å². The topological polar surface area (TPSA) is 66.0 Å². The third-order valence-electron chi connectivity index (χ3n) is 4.45. The van der Waals surface area contributed by atoms with Crippen molar-refractivity contribution >= 4 is 5.91 Å². The molecule has 0 fully saturated rings. The molecule has 2 aromatic rings. The van der Waals surface area contributed by atoms with E-state index in [9.17, 15) is 4.79 Å². The highest BCUT2D eigenvalue weighted by atomic mass is 16.5. The summed E-state index contributed by atoms with van der Waals surface area (Å²) in [6.07, 6.45) is -0.633. The van der Waals surface area contributed by atoms with Crippen LogP contribution >= 0.6 is 0 Å². The van der Waals surface area contributed by atoms with Gasteiger partial charge in [0.2, 0.25) is 5.75 Å². The minimum absolute atomic E-state index is 0.213. The molecule has 2 aromatic carbocycles. The fourth-order valence-corrected chi connectivity index (χ4v) is 2.94. The zero-order chi connectivity index (χ0) is 20.7. The van der Waals surface area contributed by atoms with E-state index >= 15 is 0 Å². The summed E-state index contributed by atoms with van der Waals surface area (Å²) in [5.74, 6) is 2.41. The normalized spacial score (nSPS) is 11.7. The van der Waals surface area contributed by atoms with Crippen molar-refractivity contribution in [2.24, 2.45) is 0 Å². The van der Waals surface area contributed by atoms with Gasteiger partial charge in [-0.25, -0.2) is 0 Å². The van der Waals surface area contributed by atoms with Crippen LogP contribution in [-0.4, -0.2) is 33.3 Å². The van der Waals surface area contributed by atoms with E-state index in [1.807, 2.05) is 30.3 Å². The second kappa shape index (κ2) is 9.88. The van der Waals surface area contributed by atoms with Gasteiger partial charge in [0.1, 0.15) is 5.75 Å². The number of carbonyl (C=O) groups excluding carboxylic acids is 1. The Bertz CT molecular complexity index is 804. The van der Waals surface area contributed by atoms with Gasteiger partial charge in [0.15, 0.2) is 17.6 Å². The number of rotatable bonds is 9. The van der Waals surface area contributed by atoms with Gasteiger partial charge in [-0.2, -0.15) is 0 Å². The molecule has 0 heterocycles. The van der Waals surface area contributed by atoms with Crippen LogP contribution in [0.5, 0.6) is 23.0 Å². The number of carbonyl (C=O) groups is 1. The fourth-order valence-electron chi connectivity index (χ4n) is 2.94. The first-order valence-corrected chi connectivity index (χ1v) is 9.24. The number of benzene rings is 2. The van der Waals surface area contributed by atoms with Crippen molar-refractivity contribution < 1.29 is 23.7 Å². The molecular weight excluding hydrogens is 358 g/mol. The second-order valence-electron chi connectivity index (χ2n) is 6.66. The Morgan fingerprint density at radius 2 is 1.57 bits per heavy atom. The molecule has 152 valence electrons. The van der Waals surface area contributed by atoms with Gasteiger partial charge < -0.3 is 24.3 Å². The summed E-state index contributed by atoms with van der Waals surface area (Å²) in [4.78, 5) is 12.5. The van der Waals surface area contributed by atoms with Gasteiger partial charge in [-0.05, 0) is 36.6 Å². The van der Waals surface area contributed by atoms with E-state index in [1.165, 1.54) is 0 Å². The van der Waals surface area contributed by atoms with Gasteiger partial charge in [0, 0.05) is 12.1 Å². The quantitative estimate of drug-likeness (QED) is 0.706. The minimum atomic E-state index is -0.633. The van der Waals surface area contributed by atoms with Crippen LogP contribution in [0.3, 0.4) is 0 Å². The van der Waals surface area contributed by atoms with E-state index in [-0.39, 0.29) is 12.5 Å². The SMILES string of the molecule is COc1ccc(CNC(=O)C(C)Oc2ccccc2C(C)C)c(OC)c1OC. The molecule has 0 radical (unpaired) electrons. The van der Waals surface area contributed by atoms with E-state index in [0.29, 0.717) is 23.2 Å². The Morgan fingerprint density at radius 1 is 0.893 bits per heavy atom. The lowest BCUT2D eigenvalue weighted by Crippen LogP contribution is -2.36. The number of para-hydroxylation sites is 1. The maximum absolute atomic E-state index is 12.5. The third-order valence-corrected chi connectivity index (χ3v) is 4.45. The molecule has 0 aliphatic rings. The molecular formula is C22H29NO5. The third kappa shape index (κ3) is 4.88. The summed E-state index contributed by atoms with van der Waals surface area (Å²) < 4.78 is 22.0. The van der Waals surface area contributed by atoms with Gasteiger partial charge in [0.25, 0.3) is 5.91 Å². The molecule has 0 saturated heterocycles. The van der Waals surface area contributed by atoms with Crippen LogP contribution in [0.4, 0.5) is 0 Å².